The van der Waals surface area contributed by atoms with Crippen molar-refractivity contribution in [3.63, 3.8) is 0 Å². The van der Waals surface area contributed by atoms with Crippen LogP contribution in [0.2, 0.25) is 0 Å². The number of nitrogens with zero attached hydrogens (tertiary/aromatic N) is 3. The van der Waals surface area contributed by atoms with Crippen LogP contribution in [0.3, 0.4) is 0 Å². The molecule has 0 N–H and O–H groups in total. The summed E-state index contributed by atoms with van der Waals surface area (Å²) in [6.07, 6.45) is -1.79. The summed E-state index contributed by atoms with van der Waals surface area (Å²) in [6, 6.07) is 3.68. The minimum absolute atomic E-state index is 0.385. The highest BCUT2D eigenvalue weighted by Crippen LogP contribution is 2.34. The maximum absolute atomic E-state index is 12.7. The van der Waals surface area contributed by atoms with Gasteiger partial charge in [-0.05, 0) is 18.2 Å². The van der Waals surface area contributed by atoms with Crippen LogP contribution in [0, 0.1) is 0 Å². The van der Waals surface area contributed by atoms with Gasteiger partial charge in [-0.25, -0.2) is 9.97 Å². The summed E-state index contributed by atoms with van der Waals surface area (Å²) in [4.78, 5) is 10.5. The van der Waals surface area contributed by atoms with Crippen LogP contribution in [-0.4, -0.2) is 23.6 Å². The molecule has 2 heterocycles. The Hall–Kier alpha value is -1.67. The van der Waals surface area contributed by atoms with Crippen LogP contribution in [0.5, 0.6) is 0 Å². The fraction of sp³-hybridized carbons (Fsp3) is 0.286. The standard InChI is InChI=1S/C14H12F3N3S2/c1-20(6-4-12-18-5-7-21-12)13-19-10-8-9(14(15,16)17)2-3-11(10)22-13/h2-3,5,7-8H,4,6H2,1H3. The second kappa shape index (κ2) is 5.85. The van der Waals surface area contributed by atoms with Gasteiger partial charge in [-0.2, -0.15) is 13.2 Å². The normalized spacial score (nSPS) is 12.0. The molecule has 0 aliphatic carbocycles. The summed E-state index contributed by atoms with van der Waals surface area (Å²) in [6.45, 7) is 0.722. The number of alkyl halides is 3. The number of benzene rings is 1. The van der Waals surface area contributed by atoms with E-state index in [0.717, 1.165) is 34.8 Å². The van der Waals surface area contributed by atoms with Crippen molar-refractivity contribution >= 4 is 38.0 Å². The number of likely N-dealkylation sites (N-methyl/N-ethyl adjacent to an activating group) is 1. The molecule has 8 heteroatoms. The van der Waals surface area contributed by atoms with E-state index in [1.807, 2.05) is 17.3 Å². The third-order valence-electron chi connectivity index (χ3n) is 3.17. The Labute approximate surface area is 133 Å². The molecule has 0 atom stereocenters. The van der Waals surface area contributed by atoms with Crippen LogP contribution in [-0.2, 0) is 12.6 Å². The van der Waals surface area contributed by atoms with E-state index >= 15 is 0 Å². The lowest BCUT2D eigenvalue weighted by Crippen LogP contribution is -2.19. The van der Waals surface area contributed by atoms with Crippen molar-refractivity contribution in [1.82, 2.24) is 9.97 Å². The van der Waals surface area contributed by atoms with Gasteiger partial charge in [-0.3, -0.25) is 0 Å². The summed E-state index contributed by atoms with van der Waals surface area (Å²) < 4.78 is 38.9. The molecule has 0 bridgehead atoms. The van der Waals surface area contributed by atoms with Crippen LogP contribution in [0.25, 0.3) is 10.2 Å². The zero-order valence-corrected chi connectivity index (χ0v) is 13.2. The zero-order valence-electron chi connectivity index (χ0n) is 11.6. The first kappa shape index (κ1) is 15.2. The molecule has 3 nitrogen and oxygen atoms in total. The molecular weight excluding hydrogens is 331 g/mol. The van der Waals surface area contributed by atoms with Gasteiger partial charge < -0.3 is 4.90 Å². The van der Waals surface area contributed by atoms with E-state index in [0.29, 0.717) is 10.6 Å². The molecule has 1 aromatic carbocycles. The highest BCUT2D eigenvalue weighted by molar-refractivity contribution is 7.22. The average Bonchev–Trinajstić information content (AvgIpc) is 3.11. The van der Waals surface area contributed by atoms with E-state index in [-0.39, 0.29) is 0 Å². The highest BCUT2D eigenvalue weighted by Gasteiger charge is 2.30. The molecule has 0 saturated carbocycles. The Balaban J connectivity index is 1.79. The van der Waals surface area contributed by atoms with Crippen molar-refractivity contribution in [3.05, 3.63) is 40.3 Å². The van der Waals surface area contributed by atoms with Gasteiger partial charge in [0.15, 0.2) is 5.13 Å². The predicted octanol–water partition coefficient (Wildman–Crippen LogP) is 4.45. The predicted molar refractivity (Wildman–Crippen MR) is 83.7 cm³/mol. The molecule has 22 heavy (non-hydrogen) atoms. The van der Waals surface area contributed by atoms with Gasteiger partial charge in [-0.15, -0.1) is 11.3 Å². The van der Waals surface area contributed by atoms with Gasteiger partial charge >= 0.3 is 6.18 Å². The van der Waals surface area contributed by atoms with Crippen LogP contribution < -0.4 is 4.90 Å². The number of hydrogen-bond acceptors (Lipinski definition) is 5. The van der Waals surface area contributed by atoms with Crippen molar-refractivity contribution in [3.8, 4) is 0 Å². The highest BCUT2D eigenvalue weighted by atomic mass is 32.1. The van der Waals surface area contributed by atoms with Gasteiger partial charge in [0.05, 0.1) is 20.8 Å². The van der Waals surface area contributed by atoms with Gasteiger partial charge in [-0.1, -0.05) is 11.3 Å². The van der Waals surface area contributed by atoms with Gasteiger partial charge in [0, 0.05) is 31.6 Å². The van der Waals surface area contributed by atoms with Crippen molar-refractivity contribution < 1.29 is 13.2 Å². The Bertz CT molecular complexity index is 765. The van der Waals surface area contributed by atoms with Crippen LogP contribution in [0.1, 0.15) is 10.6 Å². The number of rotatable bonds is 4. The second-order valence-corrected chi connectivity index (χ2v) is 6.76. The summed E-state index contributed by atoms with van der Waals surface area (Å²) in [7, 11) is 1.88. The number of halogens is 3. The molecule has 3 aromatic rings. The minimum atomic E-state index is -4.34. The molecular formula is C14H12F3N3S2. The fourth-order valence-corrected chi connectivity index (χ4v) is 3.53. The molecule has 0 fully saturated rings. The first-order valence-corrected chi connectivity index (χ1v) is 8.20. The smallest absolute Gasteiger partial charge is 0.351 e. The maximum atomic E-state index is 12.7. The molecule has 0 aliphatic rings. The Morgan fingerprint density at radius 3 is 2.77 bits per heavy atom. The number of thiazole rings is 2. The van der Waals surface area contributed by atoms with Crippen LogP contribution in [0.4, 0.5) is 18.3 Å². The van der Waals surface area contributed by atoms with Gasteiger partial charge in [0.25, 0.3) is 0 Å². The fourth-order valence-electron chi connectivity index (χ4n) is 1.99. The van der Waals surface area contributed by atoms with E-state index in [1.165, 1.54) is 17.4 Å². The third-order valence-corrected chi connectivity index (χ3v) is 5.16. The quantitative estimate of drug-likeness (QED) is 0.701. The molecule has 116 valence electrons. The van der Waals surface area contributed by atoms with Crippen molar-refractivity contribution in [2.24, 2.45) is 0 Å². The number of anilines is 1. The Kier molecular flexibility index (Phi) is 4.05. The Morgan fingerprint density at radius 1 is 1.27 bits per heavy atom. The molecule has 0 radical (unpaired) electrons. The second-order valence-electron chi connectivity index (χ2n) is 4.77. The summed E-state index contributed by atoms with van der Waals surface area (Å²) >= 11 is 2.98. The van der Waals surface area contributed by atoms with Crippen LogP contribution in [0.15, 0.2) is 29.8 Å². The summed E-state index contributed by atoms with van der Waals surface area (Å²) in [5.41, 5.74) is -0.279. The number of hydrogen-bond donors (Lipinski definition) is 0. The van der Waals surface area contributed by atoms with E-state index in [9.17, 15) is 13.2 Å². The Morgan fingerprint density at radius 2 is 2.09 bits per heavy atom. The van der Waals surface area contributed by atoms with E-state index < -0.39 is 11.7 Å². The summed E-state index contributed by atoms with van der Waals surface area (Å²) in [5.74, 6) is 0. The van der Waals surface area contributed by atoms with Gasteiger partial charge in [0.1, 0.15) is 0 Å². The van der Waals surface area contributed by atoms with Crippen molar-refractivity contribution in [2.75, 3.05) is 18.5 Å². The first-order valence-electron chi connectivity index (χ1n) is 6.51. The lowest BCUT2D eigenvalue weighted by atomic mass is 10.2. The topological polar surface area (TPSA) is 29.0 Å². The number of aromatic nitrogens is 2. The van der Waals surface area contributed by atoms with Gasteiger partial charge in [0.2, 0.25) is 0 Å². The minimum Gasteiger partial charge on any atom is -0.351 e. The van der Waals surface area contributed by atoms with E-state index in [4.69, 9.17) is 0 Å². The lowest BCUT2D eigenvalue weighted by Gasteiger charge is -2.14. The maximum Gasteiger partial charge on any atom is 0.416 e. The summed E-state index contributed by atoms with van der Waals surface area (Å²) in [5, 5.41) is 3.67. The molecule has 0 saturated heterocycles. The lowest BCUT2D eigenvalue weighted by molar-refractivity contribution is -0.137. The van der Waals surface area contributed by atoms with E-state index in [1.54, 1.807) is 17.5 Å². The molecule has 0 amide bonds. The van der Waals surface area contributed by atoms with Crippen molar-refractivity contribution in [1.29, 1.82) is 0 Å². The largest absolute Gasteiger partial charge is 0.416 e. The third kappa shape index (κ3) is 3.22. The van der Waals surface area contributed by atoms with Crippen LogP contribution >= 0.6 is 22.7 Å². The monoisotopic (exact) mass is 343 g/mol. The van der Waals surface area contributed by atoms with Crippen molar-refractivity contribution in [2.45, 2.75) is 12.6 Å². The first-order chi connectivity index (χ1) is 10.4. The molecule has 0 unspecified atom stereocenters. The molecule has 0 aliphatic heterocycles. The average molecular weight is 343 g/mol. The molecule has 3 rings (SSSR count). The SMILES string of the molecule is CN(CCc1nccs1)c1nc2cc(C(F)(F)F)ccc2s1. The van der Waals surface area contributed by atoms with E-state index in [2.05, 4.69) is 9.97 Å². The molecule has 2 aromatic heterocycles. The number of fused-ring (bicyclic) bond motifs is 1. The molecule has 0 spiro atoms. The zero-order chi connectivity index (χ0) is 15.7.